The Morgan fingerprint density at radius 2 is 2.16 bits per heavy atom. The second-order valence-corrected chi connectivity index (χ2v) is 4.87. The SMILES string of the molecule is O=C(NCCc1ccccn1)c1ccc(Br)cc1F. The van der Waals surface area contributed by atoms with Crippen LogP contribution in [0.1, 0.15) is 16.1 Å². The minimum atomic E-state index is -0.537. The molecular formula is C14H12BrFN2O. The molecule has 1 aromatic carbocycles. The lowest BCUT2D eigenvalue weighted by molar-refractivity contribution is 0.0950. The van der Waals surface area contributed by atoms with Crippen LogP contribution in [0.15, 0.2) is 47.1 Å². The summed E-state index contributed by atoms with van der Waals surface area (Å²) in [7, 11) is 0. The maximum absolute atomic E-state index is 13.5. The van der Waals surface area contributed by atoms with Crippen molar-refractivity contribution in [2.75, 3.05) is 6.54 Å². The van der Waals surface area contributed by atoms with Crippen LogP contribution in [0.25, 0.3) is 0 Å². The molecule has 0 unspecified atom stereocenters. The summed E-state index contributed by atoms with van der Waals surface area (Å²) in [4.78, 5) is 15.9. The third-order valence-corrected chi connectivity index (χ3v) is 3.06. The fraction of sp³-hybridized carbons (Fsp3) is 0.143. The number of nitrogens with zero attached hydrogens (tertiary/aromatic N) is 1. The van der Waals surface area contributed by atoms with Gasteiger partial charge in [0.1, 0.15) is 5.82 Å². The lowest BCUT2D eigenvalue weighted by Crippen LogP contribution is -2.26. The standard InChI is InChI=1S/C14H12BrFN2O/c15-10-4-5-12(13(16)9-10)14(19)18-8-6-11-3-1-2-7-17-11/h1-5,7,9H,6,8H2,(H,18,19). The smallest absolute Gasteiger partial charge is 0.254 e. The summed E-state index contributed by atoms with van der Waals surface area (Å²) >= 11 is 3.15. The van der Waals surface area contributed by atoms with E-state index in [1.54, 1.807) is 12.3 Å². The van der Waals surface area contributed by atoms with Crippen LogP contribution in [0.5, 0.6) is 0 Å². The van der Waals surface area contributed by atoms with Crippen molar-refractivity contribution in [3.63, 3.8) is 0 Å². The van der Waals surface area contributed by atoms with E-state index in [9.17, 15) is 9.18 Å². The molecule has 3 nitrogen and oxygen atoms in total. The number of amides is 1. The summed E-state index contributed by atoms with van der Waals surface area (Å²) in [6.45, 7) is 0.422. The number of pyridine rings is 1. The third kappa shape index (κ3) is 3.86. The normalized spacial score (nSPS) is 10.2. The topological polar surface area (TPSA) is 42.0 Å². The van der Waals surface area contributed by atoms with Crippen LogP contribution in [0, 0.1) is 5.82 Å². The van der Waals surface area contributed by atoms with Crippen molar-refractivity contribution < 1.29 is 9.18 Å². The monoisotopic (exact) mass is 322 g/mol. The molecule has 0 atom stereocenters. The van der Waals surface area contributed by atoms with E-state index in [1.807, 2.05) is 18.2 Å². The van der Waals surface area contributed by atoms with Crippen molar-refractivity contribution >= 4 is 21.8 Å². The van der Waals surface area contributed by atoms with Gasteiger partial charge in [-0.2, -0.15) is 0 Å². The molecule has 98 valence electrons. The Hall–Kier alpha value is -1.75. The van der Waals surface area contributed by atoms with E-state index in [0.29, 0.717) is 17.4 Å². The number of halogens is 2. The Labute approximate surface area is 119 Å². The van der Waals surface area contributed by atoms with Crippen LogP contribution in [-0.2, 0) is 6.42 Å². The quantitative estimate of drug-likeness (QED) is 0.940. The molecule has 0 aliphatic carbocycles. The molecular weight excluding hydrogens is 311 g/mol. The van der Waals surface area contributed by atoms with Crippen molar-refractivity contribution in [2.24, 2.45) is 0 Å². The van der Waals surface area contributed by atoms with Crippen LogP contribution in [0.2, 0.25) is 0 Å². The molecule has 0 saturated heterocycles. The summed E-state index contributed by atoms with van der Waals surface area (Å²) < 4.78 is 14.2. The Bertz CT molecular complexity index is 575. The van der Waals surface area contributed by atoms with E-state index in [0.717, 1.165) is 5.69 Å². The van der Waals surface area contributed by atoms with E-state index in [-0.39, 0.29) is 5.56 Å². The number of nitrogens with one attached hydrogen (secondary N) is 1. The predicted octanol–water partition coefficient (Wildman–Crippen LogP) is 2.96. The van der Waals surface area contributed by atoms with Gasteiger partial charge in [-0.1, -0.05) is 22.0 Å². The lowest BCUT2D eigenvalue weighted by atomic mass is 10.2. The van der Waals surface area contributed by atoms with Gasteiger partial charge < -0.3 is 5.32 Å². The molecule has 2 aromatic rings. The van der Waals surface area contributed by atoms with Crippen molar-refractivity contribution in [1.29, 1.82) is 0 Å². The zero-order valence-electron chi connectivity index (χ0n) is 10.1. The summed E-state index contributed by atoms with van der Waals surface area (Å²) in [5.41, 5.74) is 0.934. The van der Waals surface area contributed by atoms with Gasteiger partial charge in [0.25, 0.3) is 5.91 Å². The highest BCUT2D eigenvalue weighted by atomic mass is 79.9. The number of aromatic nitrogens is 1. The molecule has 0 fully saturated rings. The fourth-order valence-corrected chi connectivity index (χ4v) is 1.95. The van der Waals surface area contributed by atoms with Crippen LogP contribution in [0.3, 0.4) is 0 Å². The summed E-state index contributed by atoms with van der Waals surface area (Å²) in [6.07, 6.45) is 2.32. The Balaban J connectivity index is 1.91. The molecule has 5 heteroatoms. The molecule has 1 N–H and O–H groups in total. The highest BCUT2D eigenvalue weighted by Gasteiger charge is 2.11. The second-order valence-electron chi connectivity index (χ2n) is 3.95. The second kappa shape index (κ2) is 6.43. The summed E-state index contributed by atoms with van der Waals surface area (Å²) in [5.74, 6) is -0.953. The highest BCUT2D eigenvalue weighted by Crippen LogP contribution is 2.15. The molecule has 0 aliphatic rings. The van der Waals surface area contributed by atoms with E-state index < -0.39 is 11.7 Å². The van der Waals surface area contributed by atoms with Crippen LogP contribution in [0.4, 0.5) is 4.39 Å². The molecule has 1 amide bonds. The zero-order valence-corrected chi connectivity index (χ0v) is 11.7. The first-order valence-electron chi connectivity index (χ1n) is 5.80. The predicted molar refractivity (Wildman–Crippen MR) is 74.4 cm³/mol. The number of carbonyl (C=O) groups excluding carboxylic acids is 1. The van der Waals surface area contributed by atoms with Gasteiger partial charge in [0.2, 0.25) is 0 Å². The molecule has 0 bridgehead atoms. The Kier molecular flexibility index (Phi) is 4.63. The number of hydrogen-bond acceptors (Lipinski definition) is 2. The molecule has 0 spiro atoms. The third-order valence-electron chi connectivity index (χ3n) is 2.57. The average molecular weight is 323 g/mol. The van der Waals surface area contributed by atoms with Crippen LogP contribution >= 0.6 is 15.9 Å². The van der Waals surface area contributed by atoms with Gasteiger partial charge >= 0.3 is 0 Å². The number of hydrogen-bond donors (Lipinski definition) is 1. The van der Waals surface area contributed by atoms with Gasteiger partial charge in [0.15, 0.2) is 0 Å². The molecule has 1 heterocycles. The lowest BCUT2D eigenvalue weighted by Gasteiger charge is -2.06. The summed E-state index contributed by atoms with van der Waals surface area (Å²) in [6, 6.07) is 9.96. The molecule has 0 radical (unpaired) electrons. The van der Waals surface area contributed by atoms with Crippen LogP contribution < -0.4 is 5.32 Å². The average Bonchev–Trinajstić information content (AvgIpc) is 2.39. The largest absolute Gasteiger partial charge is 0.352 e. The van der Waals surface area contributed by atoms with E-state index in [4.69, 9.17) is 0 Å². The molecule has 0 saturated carbocycles. The maximum Gasteiger partial charge on any atom is 0.254 e. The molecule has 1 aromatic heterocycles. The van der Waals surface area contributed by atoms with Crippen molar-refractivity contribution in [3.8, 4) is 0 Å². The maximum atomic E-state index is 13.5. The highest BCUT2D eigenvalue weighted by molar-refractivity contribution is 9.10. The van der Waals surface area contributed by atoms with Crippen molar-refractivity contribution in [2.45, 2.75) is 6.42 Å². The van der Waals surface area contributed by atoms with Gasteiger partial charge in [-0.25, -0.2) is 4.39 Å². The Morgan fingerprint density at radius 3 is 2.84 bits per heavy atom. The molecule has 0 aliphatic heterocycles. The van der Waals surface area contributed by atoms with E-state index >= 15 is 0 Å². The first kappa shape index (κ1) is 13.7. The van der Waals surface area contributed by atoms with Gasteiger partial charge in [-0.3, -0.25) is 9.78 Å². The minimum Gasteiger partial charge on any atom is -0.352 e. The number of carbonyl (C=O) groups is 1. The Morgan fingerprint density at radius 1 is 1.32 bits per heavy atom. The number of benzene rings is 1. The molecule has 19 heavy (non-hydrogen) atoms. The van der Waals surface area contributed by atoms with Crippen LogP contribution in [-0.4, -0.2) is 17.4 Å². The van der Waals surface area contributed by atoms with Gasteiger partial charge in [0, 0.05) is 29.3 Å². The van der Waals surface area contributed by atoms with Crippen molar-refractivity contribution in [1.82, 2.24) is 10.3 Å². The number of rotatable bonds is 4. The van der Waals surface area contributed by atoms with Gasteiger partial charge in [-0.05, 0) is 30.3 Å². The van der Waals surface area contributed by atoms with Gasteiger partial charge in [0.05, 0.1) is 5.56 Å². The fourth-order valence-electron chi connectivity index (χ4n) is 1.62. The van der Waals surface area contributed by atoms with Gasteiger partial charge in [-0.15, -0.1) is 0 Å². The van der Waals surface area contributed by atoms with Crippen molar-refractivity contribution in [3.05, 3.63) is 64.1 Å². The summed E-state index contributed by atoms with van der Waals surface area (Å²) in [5, 5.41) is 2.67. The minimum absolute atomic E-state index is 0.0456. The first-order chi connectivity index (χ1) is 9.16. The van der Waals surface area contributed by atoms with E-state index in [1.165, 1.54) is 12.1 Å². The zero-order chi connectivity index (χ0) is 13.7. The van der Waals surface area contributed by atoms with E-state index in [2.05, 4.69) is 26.2 Å². The molecule has 2 rings (SSSR count). The first-order valence-corrected chi connectivity index (χ1v) is 6.59.